The number of benzene rings is 4. The Morgan fingerprint density at radius 1 is 1.06 bits per heavy atom. The predicted molar refractivity (Wildman–Crippen MR) is 196 cm³/mol. The third-order valence-electron chi connectivity index (χ3n) is 8.24. The molecule has 1 aliphatic heterocycles. The molecule has 1 aliphatic rings. The summed E-state index contributed by atoms with van der Waals surface area (Å²) in [6.45, 7) is 5.67. The van der Waals surface area contributed by atoms with Crippen molar-refractivity contribution in [3.05, 3.63) is 132 Å². The topological polar surface area (TPSA) is 90.3 Å². The maximum atomic E-state index is 14.5. The fraction of sp³-hybridized carbons (Fsp3) is 0.194. The lowest BCUT2D eigenvalue weighted by molar-refractivity contribution is -0.113. The van der Waals surface area contributed by atoms with E-state index in [-0.39, 0.29) is 23.1 Å². The van der Waals surface area contributed by atoms with Gasteiger partial charge in [0, 0.05) is 27.7 Å². The summed E-state index contributed by atoms with van der Waals surface area (Å²) >= 11 is 17.7. The lowest BCUT2D eigenvalue weighted by Crippen LogP contribution is -2.31. The highest BCUT2D eigenvalue weighted by atomic mass is 79.9. The molecule has 0 spiro atoms. The van der Waals surface area contributed by atoms with Gasteiger partial charge in [-0.15, -0.1) is 5.10 Å². The van der Waals surface area contributed by atoms with Crippen molar-refractivity contribution in [1.29, 1.82) is 0 Å². The molecule has 1 unspecified atom stereocenters. The summed E-state index contributed by atoms with van der Waals surface area (Å²) < 4.78 is 28.6. The molecule has 0 fully saturated rings. The first-order valence-electron chi connectivity index (χ1n) is 15.2. The van der Waals surface area contributed by atoms with Crippen molar-refractivity contribution in [3.63, 3.8) is 0 Å². The van der Waals surface area contributed by atoms with Crippen molar-refractivity contribution in [2.75, 3.05) is 17.7 Å². The zero-order chi connectivity index (χ0) is 34.8. The highest BCUT2D eigenvalue weighted by Gasteiger charge is 2.36. The van der Waals surface area contributed by atoms with E-state index in [1.54, 1.807) is 16.8 Å². The number of nitrogens with zero attached hydrogens (tertiary/aromatic N) is 3. The first-order chi connectivity index (χ1) is 23.5. The molecule has 1 atom stereocenters. The Labute approximate surface area is 306 Å². The van der Waals surface area contributed by atoms with Gasteiger partial charge in [-0.3, -0.25) is 4.79 Å². The Morgan fingerprint density at radius 3 is 2.57 bits per heavy atom. The second kappa shape index (κ2) is 14.8. The third-order valence-corrected chi connectivity index (χ3v) is 10.4. The summed E-state index contributed by atoms with van der Waals surface area (Å²) in [5.41, 5.74) is 5.62. The molecular formula is C36H31BrCl2FN5O3S. The van der Waals surface area contributed by atoms with Crippen LogP contribution < -0.4 is 20.1 Å². The number of aryl methyl sites for hydroxylation is 1. The molecule has 0 bridgehead atoms. The molecule has 8 nitrogen and oxygen atoms in total. The van der Waals surface area contributed by atoms with Gasteiger partial charge in [0.25, 0.3) is 5.91 Å². The zero-order valence-electron chi connectivity index (χ0n) is 26.9. The summed E-state index contributed by atoms with van der Waals surface area (Å²) in [5, 5.41) is 12.7. The van der Waals surface area contributed by atoms with E-state index in [1.165, 1.54) is 31.0 Å². The van der Waals surface area contributed by atoms with Crippen LogP contribution in [0.1, 0.15) is 40.8 Å². The lowest BCUT2D eigenvalue weighted by Gasteiger charge is -2.29. The maximum absolute atomic E-state index is 14.5. The van der Waals surface area contributed by atoms with Crippen molar-refractivity contribution < 1.29 is 18.7 Å². The Morgan fingerprint density at radius 2 is 1.82 bits per heavy atom. The van der Waals surface area contributed by atoms with Gasteiger partial charge in [0.15, 0.2) is 11.5 Å². The molecule has 252 valence electrons. The number of nitrogens with one attached hydrogen (secondary N) is 2. The third kappa shape index (κ3) is 7.30. The van der Waals surface area contributed by atoms with Gasteiger partial charge in [-0.25, -0.2) is 9.07 Å². The molecule has 0 saturated carbocycles. The Hall–Kier alpha value is -4.03. The number of hydrogen-bond acceptors (Lipinski definition) is 7. The number of fused-ring (bicyclic) bond motifs is 1. The van der Waals surface area contributed by atoms with E-state index in [1.807, 2.05) is 69.3 Å². The average Bonchev–Trinajstić information content (AvgIpc) is 3.48. The number of halogens is 4. The smallest absolute Gasteiger partial charge is 0.255 e. The van der Waals surface area contributed by atoms with E-state index in [0.717, 1.165) is 16.7 Å². The Kier molecular flexibility index (Phi) is 10.5. The number of methoxy groups -OCH3 is 1. The monoisotopic (exact) mass is 781 g/mol. The number of allylic oxidation sites excluding steroid dienone is 1. The van der Waals surface area contributed by atoms with E-state index in [4.69, 9.17) is 42.8 Å². The summed E-state index contributed by atoms with van der Waals surface area (Å²) in [6.07, 6.45) is 0. The average molecular weight is 784 g/mol. The number of amides is 1. The summed E-state index contributed by atoms with van der Waals surface area (Å²) in [7, 11) is 1.51. The van der Waals surface area contributed by atoms with Crippen molar-refractivity contribution >= 4 is 68.4 Å². The van der Waals surface area contributed by atoms with Crippen LogP contribution in [0.4, 0.5) is 16.0 Å². The molecule has 2 N–H and O–H groups in total. The molecule has 6 rings (SSSR count). The number of carbonyl (C=O) groups is 1. The lowest BCUT2D eigenvalue weighted by atomic mass is 9.94. The van der Waals surface area contributed by atoms with E-state index in [2.05, 4.69) is 26.6 Å². The molecule has 0 aliphatic carbocycles. The maximum Gasteiger partial charge on any atom is 0.255 e. The van der Waals surface area contributed by atoms with Crippen LogP contribution in [0.25, 0.3) is 0 Å². The van der Waals surface area contributed by atoms with Crippen LogP contribution in [0.15, 0.2) is 93.7 Å². The summed E-state index contributed by atoms with van der Waals surface area (Å²) in [5.74, 6) is 0.943. The van der Waals surface area contributed by atoms with Crippen LogP contribution in [0.2, 0.25) is 10.0 Å². The number of carbonyl (C=O) groups excluding carboxylic acids is 1. The summed E-state index contributed by atoms with van der Waals surface area (Å²) in [6, 6.07) is 20.8. The quantitative estimate of drug-likeness (QED) is 0.136. The van der Waals surface area contributed by atoms with Crippen LogP contribution in [0, 0.1) is 19.7 Å². The number of rotatable bonds is 10. The molecule has 1 amide bonds. The Bertz CT molecular complexity index is 2090. The predicted octanol–water partition coefficient (Wildman–Crippen LogP) is 9.91. The highest BCUT2D eigenvalue weighted by Crippen LogP contribution is 2.44. The second-order valence-corrected chi connectivity index (χ2v) is 13.9. The summed E-state index contributed by atoms with van der Waals surface area (Å²) in [4.78, 5) is 19.0. The minimum absolute atomic E-state index is 0.130. The highest BCUT2D eigenvalue weighted by molar-refractivity contribution is 9.10. The van der Waals surface area contributed by atoms with E-state index in [0.29, 0.717) is 60.4 Å². The van der Waals surface area contributed by atoms with Crippen LogP contribution in [0.3, 0.4) is 0 Å². The fourth-order valence-corrected chi connectivity index (χ4v) is 7.39. The number of hydrogen-bond donors (Lipinski definition) is 2. The van der Waals surface area contributed by atoms with Gasteiger partial charge < -0.3 is 20.1 Å². The number of ether oxygens (including phenoxy) is 2. The van der Waals surface area contributed by atoms with Crippen LogP contribution in [0.5, 0.6) is 11.5 Å². The van der Waals surface area contributed by atoms with Crippen LogP contribution in [-0.2, 0) is 17.2 Å². The van der Waals surface area contributed by atoms with Crippen LogP contribution >= 0.6 is 50.9 Å². The van der Waals surface area contributed by atoms with Crippen molar-refractivity contribution in [2.45, 2.75) is 44.3 Å². The molecular weight excluding hydrogens is 752 g/mol. The van der Waals surface area contributed by atoms with E-state index < -0.39 is 11.9 Å². The molecule has 13 heteroatoms. The van der Waals surface area contributed by atoms with Crippen molar-refractivity contribution in [3.8, 4) is 11.5 Å². The molecule has 5 aromatic rings. The normalized spacial score (nSPS) is 13.9. The van der Waals surface area contributed by atoms with Crippen molar-refractivity contribution in [1.82, 2.24) is 14.8 Å². The zero-order valence-corrected chi connectivity index (χ0v) is 30.8. The molecule has 1 aromatic heterocycles. The van der Waals surface area contributed by atoms with Gasteiger partial charge in [-0.05, 0) is 95.4 Å². The fourth-order valence-electron chi connectivity index (χ4n) is 5.48. The largest absolute Gasteiger partial charge is 0.493 e. The van der Waals surface area contributed by atoms with Gasteiger partial charge in [0.2, 0.25) is 11.1 Å². The molecule has 0 saturated heterocycles. The molecule has 49 heavy (non-hydrogen) atoms. The van der Waals surface area contributed by atoms with Gasteiger partial charge in [0.05, 0.1) is 22.2 Å². The van der Waals surface area contributed by atoms with E-state index >= 15 is 0 Å². The number of aromatic nitrogens is 3. The first kappa shape index (κ1) is 34.8. The SMILES string of the molecule is COc1cc(C2C(C(=O)Nc3cccc(C)c3C)=C(C)Nc3nc(SCc4ccccc4Cl)nn32)cc(Br)c1OCc1c(F)cccc1Cl. The molecule has 2 heterocycles. The minimum Gasteiger partial charge on any atom is -0.493 e. The van der Waals surface area contributed by atoms with Crippen LogP contribution in [-0.4, -0.2) is 27.8 Å². The van der Waals surface area contributed by atoms with Gasteiger partial charge in [-0.1, -0.05) is 71.4 Å². The number of thioether (sulfide) groups is 1. The van der Waals surface area contributed by atoms with Gasteiger partial charge >= 0.3 is 0 Å². The standard InChI is InChI=1S/C36H31BrCl2FN5O3S/c1-19-9-7-14-29(20(19)2)42-34(46)31-21(3)41-35-43-36(49-18-22-10-5-6-11-26(22)38)44-45(35)32(31)23-15-25(37)33(30(16-23)47-4)48-17-24-27(39)12-8-13-28(24)40/h5-16,32H,17-18H2,1-4H3,(H,42,46)(H,41,43,44). The van der Waals surface area contributed by atoms with E-state index in [9.17, 15) is 9.18 Å². The minimum atomic E-state index is -0.719. The van der Waals surface area contributed by atoms with Crippen molar-refractivity contribution in [2.24, 2.45) is 0 Å². The molecule has 4 aromatic carbocycles. The van der Waals surface area contributed by atoms with Gasteiger partial charge in [0.1, 0.15) is 18.5 Å². The first-order valence-corrected chi connectivity index (χ1v) is 17.7. The number of anilines is 2. The Balaban J connectivity index is 1.40. The van der Waals surface area contributed by atoms with Gasteiger partial charge in [-0.2, -0.15) is 4.98 Å². The molecule has 0 radical (unpaired) electrons. The second-order valence-electron chi connectivity index (χ2n) is 11.3.